The van der Waals surface area contributed by atoms with Crippen molar-refractivity contribution in [1.29, 1.82) is 0 Å². The molecule has 1 fully saturated rings. The van der Waals surface area contributed by atoms with E-state index >= 15 is 0 Å². The van der Waals surface area contributed by atoms with Crippen LogP contribution in [-0.4, -0.2) is 44.0 Å². The van der Waals surface area contributed by atoms with Crippen LogP contribution in [0.25, 0.3) is 0 Å². The van der Waals surface area contributed by atoms with Crippen LogP contribution in [-0.2, 0) is 9.59 Å². The van der Waals surface area contributed by atoms with Gasteiger partial charge in [-0.25, -0.2) is 9.78 Å². The number of aliphatic carboxylic acids is 1. The molecule has 0 aromatic carbocycles. The van der Waals surface area contributed by atoms with E-state index < -0.39 is 12.0 Å². The van der Waals surface area contributed by atoms with Gasteiger partial charge in [0.25, 0.3) is 0 Å². The lowest BCUT2D eigenvalue weighted by Crippen LogP contribution is -2.43. The zero-order valence-corrected chi connectivity index (χ0v) is 10.7. The van der Waals surface area contributed by atoms with Crippen molar-refractivity contribution < 1.29 is 14.7 Å². The van der Waals surface area contributed by atoms with Gasteiger partial charge in [0.2, 0.25) is 11.1 Å². The van der Waals surface area contributed by atoms with Crippen molar-refractivity contribution in [2.24, 2.45) is 5.92 Å². The molecule has 18 heavy (non-hydrogen) atoms. The van der Waals surface area contributed by atoms with Crippen LogP contribution in [0.5, 0.6) is 0 Å². The van der Waals surface area contributed by atoms with E-state index in [9.17, 15) is 9.59 Å². The summed E-state index contributed by atoms with van der Waals surface area (Å²) in [5.41, 5.74) is 0. The molecule has 98 valence electrons. The Bertz CT molecular complexity index is 458. The molecule has 0 bridgehead atoms. The average Bonchev–Trinajstić information content (AvgIpc) is 3.06. The zero-order valence-electron chi connectivity index (χ0n) is 9.84. The third-order valence-electron chi connectivity index (χ3n) is 2.59. The van der Waals surface area contributed by atoms with Crippen LogP contribution in [0.1, 0.15) is 18.7 Å². The monoisotopic (exact) mass is 270 g/mol. The van der Waals surface area contributed by atoms with Crippen molar-refractivity contribution in [1.82, 2.24) is 20.5 Å². The molecule has 1 aliphatic carbocycles. The summed E-state index contributed by atoms with van der Waals surface area (Å²) in [5, 5.41) is 18.5. The fourth-order valence-corrected chi connectivity index (χ4v) is 2.20. The first-order chi connectivity index (χ1) is 8.56. The van der Waals surface area contributed by atoms with Crippen LogP contribution in [0, 0.1) is 12.8 Å². The molecule has 0 unspecified atom stereocenters. The first-order valence-corrected chi connectivity index (χ1v) is 6.59. The van der Waals surface area contributed by atoms with Gasteiger partial charge in [-0.3, -0.25) is 9.89 Å². The van der Waals surface area contributed by atoms with Gasteiger partial charge in [-0.2, -0.15) is 0 Å². The molecule has 2 rings (SSSR count). The normalized spacial score (nSPS) is 16.3. The Kier molecular flexibility index (Phi) is 3.85. The lowest BCUT2D eigenvalue weighted by molar-refractivity contribution is -0.142. The number of aromatic nitrogens is 3. The fourth-order valence-electron chi connectivity index (χ4n) is 1.54. The SMILES string of the molecule is Cc1nc(SCC(=O)N[C@H](C(=O)O)C2CC2)n[nH]1. The zero-order chi connectivity index (χ0) is 13.1. The molecule has 1 amide bonds. The largest absolute Gasteiger partial charge is 0.480 e. The van der Waals surface area contributed by atoms with E-state index in [1.165, 1.54) is 11.8 Å². The number of H-pyrrole nitrogens is 1. The number of hydrogen-bond donors (Lipinski definition) is 3. The first kappa shape index (κ1) is 12.9. The maximum Gasteiger partial charge on any atom is 0.326 e. The molecule has 1 heterocycles. The van der Waals surface area contributed by atoms with Crippen LogP contribution in [0.3, 0.4) is 0 Å². The van der Waals surface area contributed by atoms with E-state index in [0.717, 1.165) is 12.8 Å². The number of carbonyl (C=O) groups is 2. The van der Waals surface area contributed by atoms with Crippen molar-refractivity contribution in [2.45, 2.75) is 31.0 Å². The van der Waals surface area contributed by atoms with E-state index in [2.05, 4.69) is 20.5 Å². The minimum absolute atomic E-state index is 0.0854. The Labute approximate surface area is 108 Å². The highest BCUT2D eigenvalue weighted by molar-refractivity contribution is 7.99. The van der Waals surface area contributed by atoms with Crippen molar-refractivity contribution in [3.05, 3.63) is 5.82 Å². The van der Waals surface area contributed by atoms with Gasteiger partial charge in [-0.15, -0.1) is 5.10 Å². The standard InChI is InChI=1S/C10H14N4O3S/c1-5-11-10(14-13-5)18-4-7(15)12-8(9(16)17)6-2-3-6/h6,8H,2-4H2,1H3,(H,12,15)(H,16,17)(H,11,13,14)/t8-/m0/s1. The Hall–Kier alpha value is -1.57. The summed E-state index contributed by atoms with van der Waals surface area (Å²) in [6, 6.07) is -0.757. The second-order valence-corrected chi connectivity index (χ2v) is 5.16. The molecule has 0 spiro atoms. The molecule has 1 aliphatic rings. The number of carboxylic acid groups (broad SMARTS) is 1. The summed E-state index contributed by atoms with van der Waals surface area (Å²) in [5.74, 6) is -0.388. The molecule has 0 aliphatic heterocycles. The van der Waals surface area contributed by atoms with Gasteiger partial charge in [-0.05, 0) is 25.7 Å². The van der Waals surface area contributed by atoms with Crippen molar-refractivity contribution in [3.63, 3.8) is 0 Å². The molecule has 1 saturated carbocycles. The number of aromatic amines is 1. The molecule has 3 N–H and O–H groups in total. The summed E-state index contributed by atoms with van der Waals surface area (Å²) in [6.07, 6.45) is 1.73. The topological polar surface area (TPSA) is 108 Å². The highest BCUT2D eigenvalue weighted by Crippen LogP contribution is 2.32. The predicted octanol–water partition coefficient (Wildman–Crippen LogP) is 0.185. The lowest BCUT2D eigenvalue weighted by atomic mass is 10.2. The molecule has 0 radical (unpaired) electrons. The number of nitrogens with one attached hydrogen (secondary N) is 2. The van der Waals surface area contributed by atoms with Gasteiger partial charge in [0.05, 0.1) is 5.75 Å². The maximum absolute atomic E-state index is 11.6. The van der Waals surface area contributed by atoms with Gasteiger partial charge in [0.1, 0.15) is 11.9 Å². The molecule has 7 nitrogen and oxygen atoms in total. The van der Waals surface area contributed by atoms with Crippen LogP contribution < -0.4 is 5.32 Å². The number of rotatable bonds is 6. The number of hydrogen-bond acceptors (Lipinski definition) is 5. The van der Waals surface area contributed by atoms with Crippen LogP contribution in [0.4, 0.5) is 0 Å². The van der Waals surface area contributed by atoms with E-state index in [0.29, 0.717) is 11.0 Å². The molecule has 1 aromatic heterocycles. The molecule has 1 aromatic rings. The van der Waals surface area contributed by atoms with E-state index in [1.54, 1.807) is 6.92 Å². The second kappa shape index (κ2) is 5.38. The van der Waals surface area contributed by atoms with Gasteiger partial charge < -0.3 is 10.4 Å². The minimum Gasteiger partial charge on any atom is -0.480 e. The minimum atomic E-state index is -0.968. The Morgan fingerprint density at radius 2 is 2.33 bits per heavy atom. The van der Waals surface area contributed by atoms with Gasteiger partial charge in [0, 0.05) is 0 Å². The number of carboxylic acids is 1. The number of aryl methyl sites for hydroxylation is 1. The number of amides is 1. The van der Waals surface area contributed by atoms with E-state index in [-0.39, 0.29) is 17.6 Å². The highest BCUT2D eigenvalue weighted by atomic mass is 32.2. The Morgan fingerprint density at radius 3 is 2.83 bits per heavy atom. The van der Waals surface area contributed by atoms with Gasteiger partial charge >= 0.3 is 5.97 Å². The Morgan fingerprint density at radius 1 is 1.61 bits per heavy atom. The summed E-state index contributed by atoms with van der Waals surface area (Å²) in [7, 11) is 0. The number of carbonyl (C=O) groups excluding carboxylic acids is 1. The van der Waals surface area contributed by atoms with E-state index in [4.69, 9.17) is 5.11 Å². The Balaban J connectivity index is 1.79. The first-order valence-electron chi connectivity index (χ1n) is 5.60. The number of nitrogens with zero attached hydrogens (tertiary/aromatic N) is 2. The molecular formula is C10H14N4O3S. The second-order valence-electron chi connectivity index (χ2n) is 4.21. The van der Waals surface area contributed by atoms with Crippen LogP contribution >= 0.6 is 11.8 Å². The van der Waals surface area contributed by atoms with Crippen LogP contribution in [0.2, 0.25) is 0 Å². The third kappa shape index (κ3) is 3.46. The summed E-state index contributed by atoms with van der Waals surface area (Å²) < 4.78 is 0. The predicted molar refractivity (Wildman–Crippen MR) is 64.1 cm³/mol. The van der Waals surface area contributed by atoms with Crippen molar-refractivity contribution in [3.8, 4) is 0 Å². The third-order valence-corrected chi connectivity index (χ3v) is 3.43. The van der Waals surface area contributed by atoms with Crippen molar-refractivity contribution in [2.75, 3.05) is 5.75 Å². The van der Waals surface area contributed by atoms with E-state index in [1.807, 2.05) is 0 Å². The molecule has 1 atom stereocenters. The fraction of sp³-hybridized carbons (Fsp3) is 0.600. The summed E-state index contributed by atoms with van der Waals surface area (Å²) in [6.45, 7) is 1.77. The molecule has 0 saturated heterocycles. The smallest absolute Gasteiger partial charge is 0.326 e. The highest BCUT2D eigenvalue weighted by Gasteiger charge is 2.37. The summed E-state index contributed by atoms with van der Waals surface area (Å²) in [4.78, 5) is 26.6. The summed E-state index contributed by atoms with van der Waals surface area (Å²) >= 11 is 1.18. The van der Waals surface area contributed by atoms with Gasteiger partial charge in [0.15, 0.2) is 0 Å². The molecule has 8 heteroatoms. The average molecular weight is 270 g/mol. The number of thioether (sulfide) groups is 1. The lowest BCUT2D eigenvalue weighted by Gasteiger charge is -2.12. The maximum atomic E-state index is 11.6. The quantitative estimate of drug-likeness (QED) is 0.637. The van der Waals surface area contributed by atoms with Crippen LogP contribution in [0.15, 0.2) is 5.16 Å². The van der Waals surface area contributed by atoms with Gasteiger partial charge in [-0.1, -0.05) is 11.8 Å². The van der Waals surface area contributed by atoms with Crippen molar-refractivity contribution >= 4 is 23.6 Å². The molecular weight excluding hydrogens is 256 g/mol.